The standard InChI is InChI=1S/C16H29N3O/c1-16(2,3)15-14(10-18(4)17-15)11-19-8-6-7-13(9-19)12-20-5/h10,13H,6-9,11-12H2,1-5H3/t13-/m1/s1. The number of piperidine rings is 1. The van der Waals surface area contributed by atoms with Crippen molar-refractivity contribution in [2.75, 3.05) is 26.8 Å². The third-order valence-electron chi connectivity index (χ3n) is 4.01. The fourth-order valence-electron chi connectivity index (χ4n) is 3.19. The minimum Gasteiger partial charge on any atom is -0.384 e. The van der Waals surface area contributed by atoms with E-state index in [1.165, 1.54) is 30.6 Å². The van der Waals surface area contributed by atoms with E-state index >= 15 is 0 Å². The van der Waals surface area contributed by atoms with E-state index in [-0.39, 0.29) is 5.41 Å². The molecule has 1 saturated heterocycles. The number of nitrogens with zero attached hydrogens (tertiary/aromatic N) is 3. The third kappa shape index (κ3) is 3.83. The van der Waals surface area contributed by atoms with Gasteiger partial charge in [0.25, 0.3) is 0 Å². The zero-order valence-corrected chi connectivity index (χ0v) is 13.6. The molecule has 4 heteroatoms. The molecule has 1 fully saturated rings. The van der Waals surface area contributed by atoms with E-state index in [2.05, 4.69) is 37.0 Å². The molecule has 0 aliphatic carbocycles. The van der Waals surface area contributed by atoms with E-state index in [1.807, 2.05) is 11.7 Å². The Balaban J connectivity index is 2.06. The van der Waals surface area contributed by atoms with E-state index < -0.39 is 0 Å². The van der Waals surface area contributed by atoms with Crippen LogP contribution in [0.4, 0.5) is 0 Å². The van der Waals surface area contributed by atoms with Gasteiger partial charge < -0.3 is 4.74 Å². The molecule has 0 saturated carbocycles. The highest BCUT2D eigenvalue weighted by molar-refractivity contribution is 5.24. The molecule has 114 valence electrons. The molecule has 0 bridgehead atoms. The molecule has 1 aromatic rings. The van der Waals surface area contributed by atoms with Crippen LogP contribution in [0.15, 0.2) is 6.20 Å². The zero-order chi connectivity index (χ0) is 14.8. The van der Waals surface area contributed by atoms with E-state index in [1.54, 1.807) is 7.11 Å². The lowest BCUT2D eigenvalue weighted by atomic mass is 9.89. The third-order valence-corrected chi connectivity index (χ3v) is 4.01. The molecule has 0 radical (unpaired) electrons. The van der Waals surface area contributed by atoms with Crippen LogP contribution in [0.25, 0.3) is 0 Å². The summed E-state index contributed by atoms with van der Waals surface area (Å²) in [7, 11) is 3.82. The Bertz CT molecular complexity index is 431. The smallest absolute Gasteiger partial charge is 0.0722 e. The van der Waals surface area contributed by atoms with Crippen molar-refractivity contribution in [3.05, 3.63) is 17.5 Å². The van der Waals surface area contributed by atoms with Gasteiger partial charge in [-0.3, -0.25) is 9.58 Å². The fraction of sp³-hybridized carbons (Fsp3) is 0.812. The Hall–Kier alpha value is -0.870. The maximum Gasteiger partial charge on any atom is 0.0722 e. The highest BCUT2D eigenvalue weighted by Crippen LogP contribution is 2.26. The minimum atomic E-state index is 0.109. The summed E-state index contributed by atoms with van der Waals surface area (Å²) in [6, 6.07) is 0. The van der Waals surface area contributed by atoms with Crippen molar-refractivity contribution in [3.63, 3.8) is 0 Å². The van der Waals surface area contributed by atoms with Crippen LogP contribution in [0, 0.1) is 5.92 Å². The first-order valence-corrected chi connectivity index (χ1v) is 7.64. The van der Waals surface area contributed by atoms with E-state index in [0.29, 0.717) is 5.92 Å². The molecule has 2 rings (SSSR count). The summed E-state index contributed by atoms with van der Waals surface area (Å²) in [5.74, 6) is 0.684. The van der Waals surface area contributed by atoms with Gasteiger partial charge in [0.15, 0.2) is 0 Å². The van der Waals surface area contributed by atoms with Gasteiger partial charge in [0.1, 0.15) is 0 Å². The number of ether oxygens (including phenoxy) is 1. The molecule has 20 heavy (non-hydrogen) atoms. The van der Waals surface area contributed by atoms with E-state index in [9.17, 15) is 0 Å². The molecule has 1 aliphatic rings. The molecule has 0 unspecified atom stereocenters. The topological polar surface area (TPSA) is 30.3 Å². The summed E-state index contributed by atoms with van der Waals surface area (Å²) in [4.78, 5) is 2.56. The number of methoxy groups -OCH3 is 1. The average molecular weight is 279 g/mol. The van der Waals surface area contributed by atoms with Gasteiger partial charge >= 0.3 is 0 Å². The molecule has 0 aromatic carbocycles. The zero-order valence-electron chi connectivity index (χ0n) is 13.6. The average Bonchev–Trinajstić information content (AvgIpc) is 2.71. The van der Waals surface area contributed by atoms with Crippen LogP contribution in [-0.4, -0.2) is 41.5 Å². The maximum atomic E-state index is 5.32. The Morgan fingerprint density at radius 2 is 2.15 bits per heavy atom. The Morgan fingerprint density at radius 3 is 2.80 bits per heavy atom. The van der Waals surface area contributed by atoms with Crippen LogP contribution < -0.4 is 0 Å². The maximum absolute atomic E-state index is 5.32. The molecule has 0 spiro atoms. The second-order valence-electron chi connectivity index (χ2n) is 7.13. The normalized spacial score (nSPS) is 21.4. The summed E-state index contributed by atoms with van der Waals surface area (Å²) in [5.41, 5.74) is 2.71. The quantitative estimate of drug-likeness (QED) is 0.848. The molecular formula is C16H29N3O. The van der Waals surface area contributed by atoms with Crippen LogP contribution in [-0.2, 0) is 23.7 Å². The number of aryl methyl sites for hydroxylation is 1. The van der Waals surface area contributed by atoms with Gasteiger partial charge in [-0.2, -0.15) is 5.10 Å². The molecule has 0 amide bonds. The summed E-state index contributed by atoms with van der Waals surface area (Å²) >= 11 is 0. The van der Waals surface area contributed by atoms with E-state index in [0.717, 1.165) is 19.7 Å². The number of aromatic nitrogens is 2. The first-order chi connectivity index (χ1) is 9.40. The fourth-order valence-corrected chi connectivity index (χ4v) is 3.19. The number of hydrogen-bond donors (Lipinski definition) is 0. The number of hydrogen-bond acceptors (Lipinski definition) is 3. The van der Waals surface area contributed by atoms with Gasteiger partial charge in [-0.05, 0) is 25.3 Å². The van der Waals surface area contributed by atoms with Crippen LogP contribution in [0.5, 0.6) is 0 Å². The summed E-state index contributed by atoms with van der Waals surface area (Å²) < 4.78 is 7.27. The summed E-state index contributed by atoms with van der Waals surface area (Å²) in [6.07, 6.45) is 4.75. The Labute approximate surface area is 123 Å². The second kappa shape index (κ2) is 6.27. The van der Waals surface area contributed by atoms with Crippen molar-refractivity contribution in [2.45, 2.75) is 45.6 Å². The van der Waals surface area contributed by atoms with Crippen LogP contribution in [0.3, 0.4) is 0 Å². The SMILES string of the molecule is COC[C@@H]1CCCN(Cc2cn(C)nc2C(C)(C)C)C1. The van der Waals surface area contributed by atoms with Gasteiger partial charge in [-0.1, -0.05) is 20.8 Å². The van der Waals surface area contributed by atoms with Crippen molar-refractivity contribution in [3.8, 4) is 0 Å². The molecular weight excluding hydrogens is 250 g/mol. The van der Waals surface area contributed by atoms with E-state index in [4.69, 9.17) is 4.74 Å². The largest absolute Gasteiger partial charge is 0.384 e. The molecule has 1 aliphatic heterocycles. The number of rotatable bonds is 4. The monoisotopic (exact) mass is 279 g/mol. The lowest BCUT2D eigenvalue weighted by molar-refractivity contribution is 0.0871. The van der Waals surface area contributed by atoms with Crippen molar-refractivity contribution < 1.29 is 4.74 Å². The van der Waals surface area contributed by atoms with Gasteiger partial charge in [-0.15, -0.1) is 0 Å². The highest BCUT2D eigenvalue weighted by atomic mass is 16.5. The van der Waals surface area contributed by atoms with Crippen molar-refractivity contribution in [2.24, 2.45) is 13.0 Å². The second-order valence-corrected chi connectivity index (χ2v) is 7.13. The first-order valence-electron chi connectivity index (χ1n) is 7.64. The molecule has 1 aromatic heterocycles. The Morgan fingerprint density at radius 1 is 1.40 bits per heavy atom. The van der Waals surface area contributed by atoms with Gasteiger partial charge in [0.05, 0.1) is 12.3 Å². The van der Waals surface area contributed by atoms with Crippen LogP contribution in [0.2, 0.25) is 0 Å². The van der Waals surface area contributed by atoms with Crippen LogP contribution >= 0.6 is 0 Å². The van der Waals surface area contributed by atoms with Gasteiger partial charge in [0.2, 0.25) is 0 Å². The van der Waals surface area contributed by atoms with Crippen molar-refractivity contribution in [1.82, 2.24) is 14.7 Å². The predicted octanol–water partition coefficient (Wildman–Crippen LogP) is 2.58. The predicted molar refractivity (Wildman–Crippen MR) is 81.8 cm³/mol. The molecule has 0 N–H and O–H groups in total. The minimum absolute atomic E-state index is 0.109. The van der Waals surface area contributed by atoms with Gasteiger partial charge in [0, 0.05) is 44.4 Å². The van der Waals surface area contributed by atoms with Crippen LogP contribution in [0.1, 0.15) is 44.9 Å². The molecule has 2 heterocycles. The summed E-state index contributed by atoms with van der Waals surface area (Å²) in [5, 5.41) is 4.67. The summed E-state index contributed by atoms with van der Waals surface area (Å²) in [6.45, 7) is 11.0. The Kier molecular flexibility index (Phi) is 4.86. The van der Waals surface area contributed by atoms with Gasteiger partial charge in [-0.25, -0.2) is 0 Å². The highest BCUT2D eigenvalue weighted by Gasteiger charge is 2.25. The van der Waals surface area contributed by atoms with Crippen molar-refractivity contribution >= 4 is 0 Å². The lowest BCUT2D eigenvalue weighted by Gasteiger charge is -2.32. The number of likely N-dealkylation sites (tertiary alicyclic amines) is 1. The molecule has 4 nitrogen and oxygen atoms in total. The molecule has 1 atom stereocenters. The first kappa shape index (κ1) is 15.5. The van der Waals surface area contributed by atoms with Crippen molar-refractivity contribution in [1.29, 1.82) is 0 Å². The lowest BCUT2D eigenvalue weighted by Crippen LogP contribution is -2.37.